The Morgan fingerprint density at radius 1 is 1.21 bits per heavy atom. The number of nitrogens with one attached hydrogen (secondary N) is 2. The number of amides is 1. The van der Waals surface area contributed by atoms with E-state index in [2.05, 4.69) is 20.6 Å². The molecule has 2 aromatic heterocycles. The summed E-state index contributed by atoms with van der Waals surface area (Å²) in [6, 6.07) is 5.79. The summed E-state index contributed by atoms with van der Waals surface area (Å²) < 4.78 is 12.7. The van der Waals surface area contributed by atoms with Crippen LogP contribution in [0.3, 0.4) is 0 Å². The molecule has 178 valence electrons. The molecule has 2 N–H and O–H groups in total. The van der Waals surface area contributed by atoms with Gasteiger partial charge in [-0.3, -0.25) is 14.7 Å². The Bertz CT molecular complexity index is 1150. The predicted molar refractivity (Wildman–Crippen MR) is 125 cm³/mol. The van der Waals surface area contributed by atoms with Gasteiger partial charge in [-0.2, -0.15) is 0 Å². The molecule has 0 aliphatic rings. The molecule has 0 radical (unpaired) electrons. The van der Waals surface area contributed by atoms with Crippen LogP contribution in [0, 0.1) is 20.8 Å². The molecule has 0 fully saturated rings. The summed E-state index contributed by atoms with van der Waals surface area (Å²) in [4.78, 5) is 24.2. The molecule has 0 saturated heterocycles. The van der Waals surface area contributed by atoms with E-state index in [1.165, 1.54) is 0 Å². The second kappa shape index (κ2) is 10.2. The minimum atomic E-state index is -0.574. The van der Waals surface area contributed by atoms with Crippen molar-refractivity contribution in [1.82, 2.24) is 25.1 Å². The van der Waals surface area contributed by atoms with Crippen molar-refractivity contribution in [3.63, 3.8) is 0 Å². The Balaban J connectivity index is 1.37. The van der Waals surface area contributed by atoms with E-state index >= 15 is 0 Å². The minimum Gasteiger partial charge on any atom is -0.484 e. The smallest absolute Gasteiger partial charge is 0.305 e. The third kappa shape index (κ3) is 6.04. The van der Waals surface area contributed by atoms with Gasteiger partial charge in [-0.25, -0.2) is 4.52 Å². The predicted octanol–water partition coefficient (Wildman–Crippen LogP) is 3.43. The summed E-state index contributed by atoms with van der Waals surface area (Å²) in [7, 11) is 0. The van der Waals surface area contributed by atoms with E-state index < -0.39 is 5.41 Å². The van der Waals surface area contributed by atoms with Crippen molar-refractivity contribution >= 4 is 29.1 Å². The number of benzene rings is 1. The van der Waals surface area contributed by atoms with Gasteiger partial charge < -0.3 is 14.8 Å². The Hall–Kier alpha value is -3.07. The zero-order valence-corrected chi connectivity index (χ0v) is 20.4. The van der Waals surface area contributed by atoms with Gasteiger partial charge in [0.25, 0.3) is 5.91 Å². The lowest BCUT2D eigenvalue weighted by Gasteiger charge is -2.21. The van der Waals surface area contributed by atoms with Crippen LogP contribution >= 0.6 is 11.6 Å². The van der Waals surface area contributed by atoms with Crippen LogP contribution in [0.15, 0.2) is 18.2 Å². The molecule has 10 heteroatoms. The Kier molecular flexibility index (Phi) is 7.63. The lowest BCUT2D eigenvalue weighted by Crippen LogP contribution is -2.31. The van der Waals surface area contributed by atoms with Gasteiger partial charge in [-0.05, 0) is 52.7 Å². The summed E-state index contributed by atoms with van der Waals surface area (Å²) in [6.07, 6.45) is 0.659. The fourth-order valence-electron chi connectivity index (χ4n) is 3.37. The normalized spacial score (nSPS) is 11.6. The first-order valence-corrected chi connectivity index (χ1v) is 11.2. The second-order valence-corrected chi connectivity index (χ2v) is 9.17. The Morgan fingerprint density at radius 3 is 2.70 bits per heavy atom. The molecule has 33 heavy (non-hydrogen) atoms. The molecular formula is C23H30ClN5O4. The van der Waals surface area contributed by atoms with E-state index in [4.69, 9.17) is 21.1 Å². The molecule has 0 unspecified atom stereocenters. The Morgan fingerprint density at radius 2 is 1.97 bits per heavy atom. The molecule has 0 aliphatic carbocycles. The largest absolute Gasteiger partial charge is 0.484 e. The SMILES string of the molecule is Cc1ccc(OCC(=O)NCCCC(=O)OCC(C)(C)c2nnc3c(Cl)c(C)[nH]n23)c(C)c1. The zero-order valence-electron chi connectivity index (χ0n) is 19.6. The highest BCUT2D eigenvalue weighted by molar-refractivity contribution is 6.34. The highest BCUT2D eigenvalue weighted by atomic mass is 35.5. The topological polar surface area (TPSA) is 111 Å². The van der Waals surface area contributed by atoms with Crippen molar-refractivity contribution < 1.29 is 19.1 Å². The van der Waals surface area contributed by atoms with Crippen LogP contribution in [0.25, 0.3) is 5.65 Å². The number of aromatic nitrogens is 4. The molecule has 9 nitrogen and oxygen atoms in total. The number of carbonyl (C=O) groups excluding carboxylic acids is 2. The average molecular weight is 476 g/mol. The quantitative estimate of drug-likeness (QED) is 0.343. The standard InChI is InChI=1S/C23H30ClN5O4/c1-14-8-9-17(15(2)11-14)32-12-18(30)25-10-6-7-19(31)33-13-23(4,5)22-27-26-21-20(24)16(3)28-29(21)22/h8-9,11,28H,6-7,10,12-13H2,1-5H3,(H,25,30). The van der Waals surface area contributed by atoms with Gasteiger partial charge in [-0.1, -0.05) is 29.3 Å². The first-order valence-electron chi connectivity index (χ1n) is 10.8. The van der Waals surface area contributed by atoms with Crippen LogP contribution < -0.4 is 10.1 Å². The first kappa shape index (κ1) is 24.6. The molecule has 0 aliphatic heterocycles. The molecular weight excluding hydrogens is 446 g/mol. The number of H-pyrrole nitrogens is 1. The fraction of sp³-hybridized carbons (Fsp3) is 0.478. The van der Waals surface area contributed by atoms with Crippen LogP contribution in [0.4, 0.5) is 0 Å². The number of halogens is 1. The van der Waals surface area contributed by atoms with Crippen LogP contribution in [0.1, 0.15) is 49.3 Å². The minimum absolute atomic E-state index is 0.0718. The van der Waals surface area contributed by atoms with Gasteiger partial charge in [0.05, 0.1) is 11.1 Å². The van der Waals surface area contributed by atoms with Crippen molar-refractivity contribution in [3.05, 3.63) is 45.9 Å². The number of aryl methyl sites for hydroxylation is 3. The molecule has 3 rings (SSSR count). The molecule has 0 bridgehead atoms. The van der Waals surface area contributed by atoms with Crippen molar-refractivity contribution in [1.29, 1.82) is 0 Å². The summed E-state index contributed by atoms with van der Waals surface area (Å²) in [5.41, 5.74) is 2.88. The maximum atomic E-state index is 12.2. The molecule has 1 aromatic carbocycles. The molecule has 1 amide bonds. The van der Waals surface area contributed by atoms with Crippen LogP contribution in [-0.2, 0) is 19.7 Å². The van der Waals surface area contributed by atoms with Gasteiger partial charge in [-0.15, -0.1) is 10.2 Å². The lowest BCUT2D eigenvalue weighted by atomic mass is 9.94. The maximum Gasteiger partial charge on any atom is 0.305 e. The van der Waals surface area contributed by atoms with Crippen LogP contribution in [0.5, 0.6) is 5.75 Å². The summed E-state index contributed by atoms with van der Waals surface area (Å²) >= 11 is 6.21. The number of fused-ring (bicyclic) bond motifs is 1. The number of carbonyl (C=O) groups is 2. The third-order valence-corrected chi connectivity index (χ3v) is 5.69. The number of hydrogen-bond acceptors (Lipinski definition) is 6. The van der Waals surface area contributed by atoms with Crippen molar-refractivity contribution in [2.45, 2.75) is 52.9 Å². The number of aromatic amines is 1. The molecule has 0 spiro atoms. The van der Waals surface area contributed by atoms with Gasteiger partial charge in [0.1, 0.15) is 17.4 Å². The number of rotatable bonds is 10. The highest BCUT2D eigenvalue weighted by Gasteiger charge is 2.30. The highest BCUT2D eigenvalue weighted by Crippen LogP contribution is 2.27. The van der Waals surface area contributed by atoms with Gasteiger partial charge >= 0.3 is 5.97 Å². The second-order valence-electron chi connectivity index (χ2n) is 8.79. The monoisotopic (exact) mass is 475 g/mol. The molecule has 0 atom stereocenters. The number of esters is 1. The fourth-order valence-corrected chi connectivity index (χ4v) is 3.53. The van der Waals surface area contributed by atoms with E-state index in [-0.39, 0.29) is 31.5 Å². The Labute approximate surface area is 197 Å². The lowest BCUT2D eigenvalue weighted by molar-refractivity contribution is -0.145. The molecule has 2 heterocycles. The molecule has 3 aromatic rings. The van der Waals surface area contributed by atoms with Crippen LogP contribution in [0.2, 0.25) is 5.02 Å². The van der Waals surface area contributed by atoms with Crippen molar-refractivity contribution in [3.8, 4) is 5.75 Å². The van der Waals surface area contributed by atoms with E-state index in [1.54, 1.807) is 4.52 Å². The van der Waals surface area contributed by atoms with Gasteiger partial charge in [0.2, 0.25) is 0 Å². The van der Waals surface area contributed by atoms with E-state index in [0.29, 0.717) is 35.2 Å². The number of ether oxygens (including phenoxy) is 2. The van der Waals surface area contributed by atoms with Crippen molar-refractivity contribution in [2.75, 3.05) is 19.8 Å². The van der Waals surface area contributed by atoms with Crippen molar-refractivity contribution in [2.24, 2.45) is 0 Å². The number of nitrogens with zero attached hydrogens (tertiary/aromatic N) is 3. The first-order chi connectivity index (χ1) is 15.6. The summed E-state index contributed by atoms with van der Waals surface area (Å²) in [5.74, 6) is 0.727. The average Bonchev–Trinajstić information content (AvgIpc) is 3.29. The summed E-state index contributed by atoms with van der Waals surface area (Å²) in [5, 5.41) is 14.7. The van der Waals surface area contributed by atoms with E-state index in [1.807, 2.05) is 52.8 Å². The number of hydrogen-bond donors (Lipinski definition) is 2. The van der Waals surface area contributed by atoms with Gasteiger partial charge in [0, 0.05) is 13.0 Å². The van der Waals surface area contributed by atoms with E-state index in [9.17, 15) is 9.59 Å². The molecule has 0 saturated carbocycles. The third-order valence-electron chi connectivity index (χ3n) is 5.24. The zero-order chi connectivity index (χ0) is 24.2. The van der Waals surface area contributed by atoms with E-state index in [0.717, 1.165) is 16.8 Å². The van der Waals surface area contributed by atoms with Crippen LogP contribution in [-0.4, -0.2) is 51.4 Å². The maximum absolute atomic E-state index is 12.2. The summed E-state index contributed by atoms with van der Waals surface area (Å²) in [6.45, 7) is 10.0. The van der Waals surface area contributed by atoms with Gasteiger partial charge in [0.15, 0.2) is 18.1 Å².